The van der Waals surface area contributed by atoms with Gasteiger partial charge in [-0.25, -0.2) is 14.6 Å². The van der Waals surface area contributed by atoms with Gasteiger partial charge in [-0.2, -0.15) is 0 Å². The topological polar surface area (TPSA) is 176 Å². The van der Waals surface area contributed by atoms with Gasteiger partial charge in [0.2, 0.25) is 0 Å². The van der Waals surface area contributed by atoms with Crippen LogP contribution in [0.25, 0.3) is 11.0 Å². The first-order valence-corrected chi connectivity index (χ1v) is 12.1. The smallest absolute Gasteiger partial charge is 0.335 e. The van der Waals surface area contributed by atoms with Crippen molar-refractivity contribution < 1.29 is 34.8 Å². The highest BCUT2D eigenvalue weighted by Crippen LogP contribution is 2.33. The Morgan fingerprint density at radius 1 is 1.03 bits per heavy atom. The molecule has 3 aromatic rings. The average Bonchev–Trinajstić information content (AvgIpc) is 3.32. The van der Waals surface area contributed by atoms with E-state index in [1.54, 1.807) is 12.1 Å². The van der Waals surface area contributed by atoms with Gasteiger partial charge in [0, 0.05) is 11.8 Å². The first kappa shape index (κ1) is 27.8. The maximum Gasteiger partial charge on any atom is 0.335 e. The molecule has 2 atom stereocenters. The number of likely N-dealkylation sites (tertiary alicyclic amines) is 1. The lowest BCUT2D eigenvalue weighted by Crippen LogP contribution is -2.39. The standard InChI is InChI=1S/C22H26N4O.C4H6O6/c1-2-12-26-13-10-16(11-14-26)18-15-23-19-8-9-20(24-21(18)19)25-22(27)17-6-4-3-5-7-17;5-1(3(7)8)2(6)4(9)10/h3-9,15-16,23H,2,10-14H2,1H3,(H,24,25,27);1-2,5-6H,(H,7,8)(H,9,10). The van der Waals surface area contributed by atoms with Crippen molar-refractivity contribution in [2.75, 3.05) is 25.0 Å². The second-order valence-corrected chi connectivity index (χ2v) is 8.84. The molecule has 1 saturated heterocycles. The minimum atomic E-state index is -2.27. The highest BCUT2D eigenvalue weighted by atomic mass is 16.4. The van der Waals surface area contributed by atoms with Crippen LogP contribution in [0.5, 0.6) is 0 Å². The SMILES string of the molecule is CCCN1CCC(c2c[nH]c3ccc(NC(=O)c4ccccc4)nc23)CC1.O=C(O)C(O)C(O)C(=O)O. The number of pyridine rings is 1. The Morgan fingerprint density at radius 3 is 2.22 bits per heavy atom. The molecule has 4 rings (SSSR count). The number of fused-ring (bicyclic) bond motifs is 1. The Balaban J connectivity index is 0.000000325. The molecule has 0 bridgehead atoms. The largest absolute Gasteiger partial charge is 0.479 e. The number of carboxylic acids is 2. The van der Waals surface area contributed by atoms with E-state index >= 15 is 0 Å². The fourth-order valence-electron chi connectivity index (χ4n) is 4.23. The maximum absolute atomic E-state index is 12.4. The number of H-pyrrole nitrogens is 1. The maximum atomic E-state index is 12.4. The van der Waals surface area contributed by atoms with Crippen molar-refractivity contribution >= 4 is 34.7 Å². The molecular formula is C26H32N4O7. The summed E-state index contributed by atoms with van der Waals surface area (Å²) in [4.78, 5) is 42.6. The van der Waals surface area contributed by atoms with Gasteiger partial charge in [-0.05, 0) is 74.6 Å². The molecule has 0 saturated carbocycles. The van der Waals surface area contributed by atoms with Gasteiger partial charge >= 0.3 is 11.9 Å². The molecule has 0 radical (unpaired) electrons. The number of anilines is 1. The Morgan fingerprint density at radius 2 is 1.65 bits per heavy atom. The van der Waals surface area contributed by atoms with Gasteiger partial charge in [0.05, 0.1) is 11.0 Å². The third-order valence-corrected chi connectivity index (χ3v) is 6.20. The highest BCUT2D eigenvalue weighted by Gasteiger charge is 2.29. The molecule has 1 aromatic carbocycles. The average molecular weight is 513 g/mol. The predicted octanol–water partition coefficient (Wildman–Crippen LogP) is 2.28. The molecule has 11 nitrogen and oxygen atoms in total. The van der Waals surface area contributed by atoms with E-state index in [4.69, 9.17) is 25.4 Å². The van der Waals surface area contributed by atoms with Crippen molar-refractivity contribution in [3.05, 3.63) is 59.8 Å². The number of aromatic amines is 1. The van der Waals surface area contributed by atoms with E-state index in [2.05, 4.69) is 28.3 Å². The predicted molar refractivity (Wildman–Crippen MR) is 136 cm³/mol. The van der Waals surface area contributed by atoms with Crippen LogP contribution < -0.4 is 5.32 Å². The van der Waals surface area contributed by atoms with Crippen molar-refractivity contribution in [3.63, 3.8) is 0 Å². The lowest BCUT2D eigenvalue weighted by molar-refractivity contribution is -0.165. The fraction of sp³-hybridized carbons (Fsp3) is 0.385. The number of nitrogens with one attached hydrogen (secondary N) is 2. The van der Waals surface area contributed by atoms with Gasteiger partial charge < -0.3 is 35.6 Å². The van der Waals surface area contributed by atoms with Gasteiger partial charge in [0.1, 0.15) is 5.82 Å². The van der Waals surface area contributed by atoms with E-state index in [9.17, 15) is 14.4 Å². The number of nitrogens with zero attached hydrogens (tertiary/aromatic N) is 2. The first-order valence-electron chi connectivity index (χ1n) is 12.1. The molecule has 0 aliphatic carbocycles. The molecule has 3 heterocycles. The van der Waals surface area contributed by atoms with Crippen molar-refractivity contribution in [3.8, 4) is 0 Å². The summed E-state index contributed by atoms with van der Waals surface area (Å²) in [5.41, 5.74) is 3.92. The number of aliphatic hydroxyl groups excluding tert-OH is 2. The van der Waals surface area contributed by atoms with E-state index in [-0.39, 0.29) is 5.91 Å². The second kappa shape index (κ2) is 12.9. The summed E-state index contributed by atoms with van der Waals surface area (Å²) < 4.78 is 0. The minimum absolute atomic E-state index is 0.132. The Labute approximate surface area is 213 Å². The zero-order valence-electron chi connectivity index (χ0n) is 20.5. The number of carboxylic acid groups (broad SMARTS) is 2. The molecular weight excluding hydrogens is 480 g/mol. The van der Waals surface area contributed by atoms with E-state index in [1.165, 1.54) is 18.5 Å². The number of aromatic nitrogens is 2. The van der Waals surface area contributed by atoms with Crippen LogP contribution in [0.4, 0.5) is 5.82 Å². The zero-order valence-corrected chi connectivity index (χ0v) is 20.5. The molecule has 1 aliphatic heterocycles. The highest BCUT2D eigenvalue weighted by molar-refractivity contribution is 6.04. The van der Waals surface area contributed by atoms with Crippen molar-refractivity contribution in [1.82, 2.24) is 14.9 Å². The van der Waals surface area contributed by atoms with Crippen LogP contribution in [0.2, 0.25) is 0 Å². The number of hydrogen-bond donors (Lipinski definition) is 6. The summed E-state index contributed by atoms with van der Waals surface area (Å²) in [5, 5.41) is 35.4. The molecule has 1 fully saturated rings. The number of rotatable bonds is 8. The lowest BCUT2D eigenvalue weighted by Gasteiger charge is -2.31. The summed E-state index contributed by atoms with van der Waals surface area (Å²) in [6.45, 7) is 5.72. The quantitative estimate of drug-likeness (QED) is 0.264. The third-order valence-electron chi connectivity index (χ3n) is 6.20. The number of aliphatic carboxylic acids is 2. The molecule has 2 unspecified atom stereocenters. The Bertz CT molecular complexity index is 1190. The van der Waals surface area contributed by atoms with Gasteiger partial charge in [0.15, 0.2) is 12.2 Å². The molecule has 1 aliphatic rings. The number of carbonyl (C=O) groups excluding carboxylic acids is 1. The van der Waals surface area contributed by atoms with Crippen LogP contribution >= 0.6 is 0 Å². The number of carbonyl (C=O) groups is 3. The van der Waals surface area contributed by atoms with Crippen molar-refractivity contribution in [2.45, 2.75) is 44.3 Å². The molecule has 37 heavy (non-hydrogen) atoms. The normalized spacial score (nSPS) is 15.9. The monoisotopic (exact) mass is 512 g/mol. The van der Waals surface area contributed by atoms with Gasteiger partial charge in [-0.15, -0.1) is 0 Å². The van der Waals surface area contributed by atoms with Gasteiger partial charge in [-0.1, -0.05) is 25.1 Å². The first-order chi connectivity index (χ1) is 17.7. The summed E-state index contributed by atoms with van der Waals surface area (Å²) in [5.74, 6) is -2.54. The fourth-order valence-corrected chi connectivity index (χ4v) is 4.23. The van der Waals surface area contributed by atoms with Gasteiger partial charge in [0.25, 0.3) is 5.91 Å². The van der Waals surface area contributed by atoms with Crippen LogP contribution in [0, 0.1) is 0 Å². The van der Waals surface area contributed by atoms with Crippen molar-refractivity contribution in [2.24, 2.45) is 0 Å². The van der Waals surface area contributed by atoms with E-state index in [0.29, 0.717) is 17.3 Å². The molecule has 11 heteroatoms. The number of aliphatic hydroxyl groups is 2. The lowest BCUT2D eigenvalue weighted by atomic mass is 9.90. The summed E-state index contributed by atoms with van der Waals surface area (Å²) >= 11 is 0. The van der Waals surface area contributed by atoms with Crippen LogP contribution in [0.3, 0.4) is 0 Å². The van der Waals surface area contributed by atoms with Crippen LogP contribution in [-0.4, -0.2) is 85.0 Å². The van der Waals surface area contributed by atoms with Gasteiger partial charge in [-0.3, -0.25) is 4.79 Å². The van der Waals surface area contributed by atoms with E-state index in [0.717, 1.165) is 37.0 Å². The number of hydrogen-bond acceptors (Lipinski definition) is 7. The molecule has 2 aromatic heterocycles. The van der Waals surface area contributed by atoms with E-state index < -0.39 is 24.1 Å². The summed E-state index contributed by atoms with van der Waals surface area (Å²) in [7, 11) is 0. The number of amides is 1. The minimum Gasteiger partial charge on any atom is -0.479 e. The van der Waals surface area contributed by atoms with Crippen LogP contribution in [-0.2, 0) is 9.59 Å². The molecule has 198 valence electrons. The summed E-state index contributed by atoms with van der Waals surface area (Å²) in [6.07, 6.45) is 1.10. The number of benzene rings is 1. The zero-order chi connectivity index (χ0) is 26.9. The second-order valence-electron chi connectivity index (χ2n) is 8.84. The molecule has 1 amide bonds. The molecule has 6 N–H and O–H groups in total. The Hall–Kier alpha value is -3.80. The van der Waals surface area contributed by atoms with Crippen LogP contribution in [0.15, 0.2) is 48.7 Å². The number of piperidine rings is 1. The van der Waals surface area contributed by atoms with Crippen LogP contribution in [0.1, 0.15) is 48.0 Å². The van der Waals surface area contributed by atoms with E-state index in [1.807, 2.05) is 30.3 Å². The molecule has 0 spiro atoms. The third kappa shape index (κ3) is 7.35. The van der Waals surface area contributed by atoms with Crippen molar-refractivity contribution in [1.29, 1.82) is 0 Å². The summed E-state index contributed by atoms with van der Waals surface area (Å²) in [6, 6.07) is 13.1. The Kier molecular flexibility index (Phi) is 9.72.